The standard InChI is InChI=1S/C23H29ClN4O2/c1-23(2,3)30-22(29)27(4)16-12-13-28(14-16)20-18-11-10-17(15-8-6-5-7-9-15)19(18)25-21(24)26-20/h5-9,16-17H,10-14H2,1-4H3. The predicted octanol–water partition coefficient (Wildman–Crippen LogP) is 4.65. The Morgan fingerprint density at radius 2 is 1.93 bits per heavy atom. The fourth-order valence-corrected chi connectivity index (χ4v) is 4.59. The van der Waals surface area contributed by atoms with Crippen LogP contribution in [0.4, 0.5) is 10.6 Å². The summed E-state index contributed by atoms with van der Waals surface area (Å²) in [4.78, 5) is 25.6. The molecule has 160 valence electrons. The predicted molar refractivity (Wildman–Crippen MR) is 118 cm³/mol. The number of carbonyl (C=O) groups is 1. The smallest absolute Gasteiger partial charge is 0.410 e. The van der Waals surface area contributed by atoms with Gasteiger partial charge in [-0.25, -0.2) is 14.8 Å². The molecular weight excluding hydrogens is 400 g/mol. The van der Waals surface area contributed by atoms with Crippen molar-refractivity contribution in [1.29, 1.82) is 0 Å². The van der Waals surface area contributed by atoms with Crippen molar-refractivity contribution in [2.45, 2.75) is 57.6 Å². The van der Waals surface area contributed by atoms with Gasteiger partial charge in [-0.15, -0.1) is 0 Å². The molecule has 1 aromatic carbocycles. The first-order valence-corrected chi connectivity index (χ1v) is 10.9. The molecule has 0 bridgehead atoms. The van der Waals surface area contributed by atoms with Crippen molar-refractivity contribution in [3.63, 3.8) is 0 Å². The van der Waals surface area contributed by atoms with Gasteiger partial charge in [0.25, 0.3) is 0 Å². The van der Waals surface area contributed by atoms with Crippen LogP contribution in [0.15, 0.2) is 30.3 Å². The van der Waals surface area contributed by atoms with Crippen LogP contribution in [0.5, 0.6) is 0 Å². The lowest BCUT2D eigenvalue weighted by Crippen LogP contribution is -2.42. The second kappa shape index (κ2) is 8.06. The monoisotopic (exact) mass is 428 g/mol. The van der Waals surface area contributed by atoms with E-state index in [1.54, 1.807) is 4.90 Å². The van der Waals surface area contributed by atoms with Crippen LogP contribution in [0, 0.1) is 0 Å². The highest BCUT2D eigenvalue weighted by Gasteiger charge is 2.35. The fraction of sp³-hybridized carbons (Fsp3) is 0.522. The quantitative estimate of drug-likeness (QED) is 0.666. The fourth-order valence-electron chi connectivity index (χ4n) is 4.42. The molecule has 2 unspecified atom stereocenters. The van der Waals surface area contributed by atoms with Crippen LogP contribution in [0.2, 0.25) is 5.28 Å². The molecule has 1 aliphatic heterocycles. The minimum absolute atomic E-state index is 0.0792. The third kappa shape index (κ3) is 4.24. The Kier molecular flexibility index (Phi) is 5.62. The molecule has 2 heterocycles. The molecule has 1 aliphatic carbocycles. The SMILES string of the molecule is CN(C(=O)OC(C)(C)C)C1CCN(c2nc(Cl)nc3c2CCC3c2ccccc2)C1. The number of aromatic nitrogens is 2. The Bertz CT molecular complexity index is 929. The van der Waals surface area contributed by atoms with Crippen LogP contribution in [0.25, 0.3) is 0 Å². The average molecular weight is 429 g/mol. The minimum atomic E-state index is -0.503. The number of fused-ring (bicyclic) bond motifs is 1. The van der Waals surface area contributed by atoms with Crippen molar-refractivity contribution < 1.29 is 9.53 Å². The molecule has 0 N–H and O–H groups in total. The van der Waals surface area contributed by atoms with Crippen molar-refractivity contribution in [3.8, 4) is 0 Å². The van der Waals surface area contributed by atoms with Crippen LogP contribution in [0.1, 0.15) is 56.4 Å². The van der Waals surface area contributed by atoms with Crippen LogP contribution in [-0.2, 0) is 11.2 Å². The third-order valence-corrected chi connectivity index (χ3v) is 6.07. The Labute approximate surface area is 183 Å². The lowest BCUT2D eigenvalue weighted by molar-refractivity contribution is 0.0238. The van der Waals surface area contributed by atoms with Crippen molar-refractivity contribution in [1.82, 2.24) is 14.9 Å². The topological polar surface area (TPSA) is 58.6 Å². The summed E-state index contributed by atoms with van der Waals surface area (Å²) < 4.78 is 5.53. The maximum absolute atomic E-state index is 12.5. The van der Waals surface area contributed by atoms with Gasteiger partial charge in [-0.05, 0) is 57.2 Å². The van der Waals surface area contributed by atoms with Crippen molar-refractivity contribution >= 4 is 23.5 Å². The van der Waals surface area contributed by atoms with E-state index in [0.717, 1.165) is 37.3 Å². The van der Waals surface area contributed by atoms with Gasteiger partial charge in [-0.1, -0.05) is 30.3 Å². The van der Waals surface area contributed by atoms with Crippen LogP contribution >= 0.6 is 11.6 Å². The zero-order chi connectivity index (χ0) is 21.5. The van der Waals surface area contributed by atoms with Crippen molar-refractivity contribution in [3.05, 3.63) is 52.4 Å². The number of benzene rings is 1. The van der Waals surface area contributed by atoms with Gasteiger partial charge in [0.1, 0.15) is 11.4 Å². The van der Waals surface area contributed by atoms with Gasteiger partial charge in [-0.2, -0.15) is 0 Å². The first-order valence-electron chi connectivity index (χ1n) is 10.5. The summed E-state index contributed by atoms with van der Waals surface area (Å²) in [7, 11) is 1.81. The molecule has 1 aromatic heterocycles. The van der Waals surface area contributed by atoms with Crippen molar-refractivity contribution in [2.24, 2.45) is 0 Å². The van der Waals surface area contributed by atoms with Crippen LogP contribution < -0.4 is 4.90 Å². The van der Waals surface area contributed by atoms with E-state index in [9.17, 15) is 4.79 Å². The van der Waals surface area contributed by atoms with E-state index in [1.807, 2.05) is 33.9 Å². The number of nitrogens with zero attached hydrogens (tertiary/aromatic N) is 4. The molecule has 7 heteroatoms. The van der Waals surface area contributed by atoms with E-state index in [2.05, 4.69) is 39.1 Å². The molecule has 1 saturated heterocycles. The summed E-state index contributed by atoms with van der Waals surface area (Å²) in [5.74, 6) is 1.17. The lowest BCUT2D eigenvalue weighted by Gasteiger charge is -2.29. The number of carbonyl (C=O) groups excluding carboxylic acids is 1. The molecule has 1 fully saturated rings. The molecule has 2 aliphatic rings. The molecule has 2 aromatic rings. The first kappa shape index (κ1) is 20.9. The molecule has 30 heavy (non-hydrogen) atoms. The number of rotatable bonds is 3. The molecule has 0 radical (unpaired) electrons. The number of ether oxygens (including phenoxy) is 1. The molecule has 0 saturated carbocycles. The van der Waals surface area contributed by atoms with E-state index in [-0.39, 0.29) is 23.3 Å². The maximum atomic E-state index is 12.5. The maximum Gasteiger partial charge on any atom is 0.410 e. The van der Waals surface area contributed by atoms with Crippen LogP contribution in [0.3, 0.4) is 0 Å². The number of hydrogen-bond donors (Lipinski definition) is 0. The number of hydrogen-bond acceptors (Lipinski definition) is 5. The zero-order valence-corrected chi connectivity index (χ0v) is 18.8. The summed E-state index contributed by atoms with van der Waals surface area (Å²) in [6.07, 6.45) is 2.53. The summed E-state index contributed by atoms with van der Waals surface area (Å²) in [5, 5.41) is 0.288. The Balaban J connectivity index is 1.54. The third-order valence-electron chi connectivity index (χ3n) is 5.90. The summed E-state index contributed by atoms with van der Waals surface area (Å²) in [6, 6.07) is 10.5. The number of likely N-dealkylation sites (N-methyl/N-ethyl adjacent to an activating group) is 1. The van der Waals surface area contributed by atoms with Gasteiger partial charge in [0, 0.05) is 31.6 Å². The van der Waals surface area contributed by atoms with Gasteiger partial charge >= 0.3 is 6.09 Å². The number of halogens is 1. The van der Waals surface area contributed by atoms with Gasteiger partial charge in [0.2, 0.25) is 5.28 Å². The van der Waals surface area contributed by atoms with Gasteiger partial charge < -0.3 is 14.5 Å². The number of anilines is 1. The first-order chi connectivity index (χ1) is 14.2. The Morgan fingerprint density at radius 3 is 2.63 bits per heavy atom. The molecule has 1 amide bonds. The molecule has 0 spiro atoms. The van der Waals surface area contributed by atoms with Crippen molar-refractivity contribution in [2.75, 3.05) is 25.0 Å². The van der Waals surface area contributed by atoms with E-state index in [1.165, 1.54) is 11.1 Å². The zero-order valence-electron chi connectivity index (χ0n) is 18.1. The van der Waals surface area contributed by atoms with E-state index < -0.39 is 5.60 Å². The lowest BCUT2D eigenvalue weighted by atomic mass is 9.97. The van der Waals surface area contributed by atoms with Gasteiger partial charge in [0.05, 0.1) is 11.7 Å². The van der Waals surface area contributed by atoms with E-state index in [4.69, 9.17) is 16.3 Å². The molecule has 4 rings (SSSR count). The number of amides is 1. The summed E-state index contributed by atoms with van der Waals surface area (Å²) >= 11 is 6.35. The van der Waals surface area contributed by atoms with Gasteiger partial charge in [-0.3, -0.25) is 0 Å². The highest BCUT2D eigenvalue weighted by molar-refractivity contribution is 6.28. The second-order valence-electron chi connectivity index (χ2n) is 9.16. The van der Waals surface area contributed by atoms with Gasteiger partial charge in [0.15, 0.2) is 0 Å². The largest absolute Gasteiger partial charge is 0.444 e. The normalized spacial score (nSPS) is 20.9. The summed E-state index contributed by atoms with van der Waals surface area (Å²) in [5.41, 5.74) is 2.99. The van der Waals surface area contributed by atoms with Crippen LogP contribution in [-0.4, -0.2) is 52.7 Å². The Hall–Kier alpha value is -2.34. The Morgan fingerprint density at radius 1 is 1.20 bits per heavy atom. The molecule has 2 atom stereocenters. The second-order valence-corrected chi connectivity index (χ2v) is 9.50. The molecular formula is C23H29ClN4O2. The highest BCUT2D eigenvalue weighted by atomic mass is 35.5. The summed E-state index contributed by atoms with van der Waals surface area (Å²) in [6.45, 7) is 7.19. The minimum Gasteiger partial charge on any atom is -0.444 e. The highest BCUT2D eigenvalue weighted by Crippen LogP contribution is 2.41. The van der Waals surface area contributed by atoms with E-state index >= 15 is 0 Å². The average Bonchev–Trinajstić information content (AvgIpc) is 3.33. The molecule has 6 nitrogen and oxygen atoms in total. The van der Waals surface area contributed by atoms with E-state index in [0.29, 0.717) is 6.54 Å².